The van der Waals surface area contributed by atoms with Crippen LogP contribution in [0.2, 0.25) is 0 Å². The van der Waals surface area contributed by atoms with E-state index in [1.807, 2.05) is 12.1 Å². The smallest absolute Gasteiger partial charge is 0.320 e. The highest BCUT2D eigenvalue weighted by atomic mass is 16.6. The van der Waals surface area contributed by atoms with E-state index in [1.54, 1.807) is 17.3 Å². The van der Waals surface area contributed by atoms with Crippen LogP contribution in [0.5, 0.6) is 0 Å². The van der Waals surface area contributed by atoms with Crippen LogP contribution >= 0.6 is 0 Å². The van der Waals surface area contributed by atoms with Crippen molar-refractivity contribution in [3.63, 3.8) is 0 Å². The average molecular weight is 421 g/mol. The molecule has 1 aliphatic rings. The summed E-state index contributed by atoms with van der Waals surface area (Å²) in [6, 6.07) is 9.25. The maximum atomic E-state index is 13.1. The molecule has 0 aliphatic carbocycles. The minimum absolute atomic E-state index is 0.0477. The number of nitro benzene ring substituents is 1. The Morgan fingerprint density at radius 3 is 2.77 bits per heavy atom. The van der Waals surface area contributed by atoms with Gasteiger partial charge in [-0.1, -0.05) is 6.07 Å². The van der Waals surface area contributed by atoms with Gasteiger partial charge in [0.1, 0.15) is 0 Å². The number of carbonyl (C=O) groups excluding carboxylic acids is 1. The van der Waals surface area contributed by atoms with Crippen molar-refractivity contribution in [2.45, 2.75) is 25.3 Å². The van der Waals surface area contributed by atoms with Crippen molar-refractivity contribution in [1.82, 2.24) is 25.0 Å². The Balaban J connectivity index is 1.55. The number of aromatic nitrogens is 4. The maximum absolute atomic E-state index is 13.1. The molecule has 1 unspecified atom stereocenters. The molecule has 1 aliphatic heterocycles. The number of H-pyrrole nitrogens is 1. The highest BCUT2D eigenvalue weighted by Gasteiger charge is 2.32. The zero-order valence-electron chi connectivity index (χ0n) is 16.4. The standard InChI is InChI=1S/C20H19N7O4/c28-19(25-11-2-1-5-17(25)15-4-3-10-21-13-15)18-20(29)26(24-23-18)22-12-14-6-8-16(9-7-14)27(30)31/h3-4,6-10,12-13,17,24H,1-2,5,11H2. The number of nitrogens with one attached hydrogen (secondary N) is 1. The van der Waals surface area contributed by atoms with Crippen molar-refractivity contribution in [3.8, 4) is 0 Å². The number of amides is 1. The summed E-state index contributed by atoms with van der Waals surface area (Å²) in [4.78, 5) is 42.6. The Morgan fingerprint density at radius 2 is 2.06 bits per heavy atom. The molecule has 11 nitrogen and oxygen atoms in total. The summed E-state index contributed by atoms with van der Waals surface area (Å²) in [5.41, 5.74) is 0.513. The van der Waals surface area contributed by atoms with Gasteiger partial charge in [-0.2, -0.15) is 10.3 Å². The molecule has 1 N–H and O–H groups in total. The highest BCUT2D eigenvalue weighted by Crippen LogP contribution is 2.31. The second-order valence-electron chi connectivity index (χ2n) is 7.07. The highest BCUT2D eigenvalue weighted by molar-refractivity contribution is 5.92. The molecule has 0 spiro atoms. The van der Waals surface area contributed by atoms with E-state index in [1.165, 1.54) is 30.5 Å². The quantitative estimate of drug-likeness (QED) is 0.380. The molecule has 4 rings (SSSR count). The van der Waals surface area contributed by atoms with E-state index in [-0.39, 0.29) is 17.4 Å². The van der Waals surface area contributed by atoms with Gasteiger partial charge in [-0.25, -0.2) is 0 Å². The molecule has 1 amide bonds. The third-order valence-corrected chi connectivity index (χ3v) is 5.11. The third-order valence-electron chi connectivity index (χ3n) is 5.11. The van der Waals surface area contributed by atoms with Crippen molar-refractivity contribution >= 4 is 17.8 Å². The summed E-state index contributed by atoms with van der Waals surface area (Å²) in [5, 5.41) is 21.0. The van der Waals surface area contributed by atoms with Gasteiger partial charge in [0, 0.05) is 31.1 Å². The van der Waals surface area contributed by atoms with Crippen LogP contribution in [0, 0.1) is 10.1 Å². The Labute approximate surface area is 176 Å². The first-order valence-corrected chi connectivity index (χ1v) is 9.72. The fourth-order valence-corrected chi connectivity index (χ4v) is 3.55. The summed E-state index contributed by atoms with van der Waals surface area (Å²) >= 11 is 0. The predicted molar refractivity (Wildman–Crippen MR) is 111 cm³/mol. The summed E-state index contributed by atoms with van der Waals surface area (Å²) in [6.07, 6.45) is 7.36. The Bertz CT molecular complexity index is 1170. The van der Waals surface area contributed by atoms with Crippen molar-refractivity contribution in [2.75, 3.05) is 6.54 Å². The van der Waals surface area contributed by atoms with Gasteiger partial charge in [0.15, 0.2) is 0 Å². The normalized spacial score (nSPS) is 16.5. The van der Waals surface area contributed by atoms with E-state index >= 15 is 0 Å². The van der Waals surface area contributed by atoms with Gasteiger partial charge in [0.05, 0.1) is 17.2 Å². The summed E-state index contributed by atoms with van der Waals surface area (Å²) in [5.74, 6) is -0.459. The van der Waals surface area contributed by atoms with Crippen molar-refractivity contribution in [2.24, 2.45) is 5.10 Å². The molecule has 0 bridgehead atoms. The number of non-ortho nitro benzene ring substituents is 1. The van der Waals surface area contributed by atoms with Gasteiger partial charge in [0.2, 0.25) is 5.69 Å². The molecule has 0 radical (unpaired) electrons. The van der Waals surface area contributed by atoms with E-state index < -0.39 is 16.4 Å². The maximum Gasteiger partial charge on any atom is 0.320 e. The molecule has 31 heavy (non-hydrogen) atoms. The van der Waals surface area contributed by atoms with Crippen LogP contribution in [0.25, 0.3) is 0 Å². The van der Waals surface area contributed by atoms with Crippen molar-refractivity contribution in [1.29, 1.82) is 0 Å². The Hall–Kier alpha value is -4.15. The molecule has 3 heterocycles. The lowest BCUT2D eigenvalue weighted by Crippen LogP contribution is -2.40. The molecule has 1 atom stereocenters. The van der Waals surface area contributed by atoms with Gasteiger partial charge in [-0.05, 0) is 48.6 Å². The molecule has 11 heteroatoms. The third kappa shape index (κ3) is 4.25. The van der Waals surface area contributed by atoms with Crippen LogP contribution in [-0.4, -0.2) is 48.6 Å². The first-order valence-electron chi connectivity index (χ1n) is 9.72. The first-order chi connectivity index (χ1) is 15.0. The van der Waals surface area contributed by atoms with Gasteiger partial charge >= 0.3 is 5.56 Å². The Morgan fingerprint density at radius 1 is 1.26 bits per heavy atom. The van der Waals surface area contributed by atoms with Crippen molar-refractivity contribution < 1.29 is 9.72 Å². The number of rotatable bonds is 5. The minimum atomic E-state index is -0.668. The molecule has 1 aromatic carbocycles. The molecule has 0 saturated carbocycles. The van der Waals surface area contributed by atoms with Crippen LogP contribution in [0.1, 0.15) is 46.9 Å². The lowest BCUT2D eigenvalue weighted by atomic mass is 9.96. The molecule has 1 saturated heterocycles. The number of hydrogen-bond acceptors (Lipinski definition) is 7. The average Bonchev–Trinajstić information content (AvgIpc) is 3.18. The van der Waals surface area contributed by atoms with E-state index in [0.717, 1.165) is 29.6 Å². The number of hydrogen-bond donors (Lipinski definition) is 1. The number of pyridine rings is 1. The predicted octanol–water partition coefficient (Wildman–Crippen LogP) is 2.12. The minimum Gasteiger partial charge on any atom is -0.330 e. The second-order valence-corrected chi connectivity index (χ2v) is 7.07. The van der Waals surface area contributed by atoms with Gasteiger partial charge in [-0.3, -0.25) is 24.7 Å². The number of aromatic amines is 1. The largest absolute Gasteiger partial charge is 0.330 e. The lowest BCUT2D eigenvalue weighted by Gasteiger charge is -2.35. The molecule has 1 fully saturated rings. The van der Waals surface area contributed by atoms with Gasteiger partial charge in [0.25, 0.3) is 11.6 Å². The lowest BCUT2D eigenvalue weighted by molar-refractivity contribution is -0.384. The molecular formula is C20H19N7O4. The first kappa shape index (κ1) is 20.1. The summed E-state index contributed by atoms with van der Waals surface area (Å²) in [7, 11) is 0. The molecule has 3 aromatic rings. The van der Waals surface area contributed by atoms with Crippen molar-refractivity contribution in [3.05, 3.63) is 86.1 Å². The number of nitrogens with zero attached hydrogens (tertiary/aromatic N) is 6. The molecule has 2 aromatic heterocycles. The van der Waals surface area contributed by atoms with E-state index in [4.69, 9.17) is 0 Å². The SMILES string of the molecule is O=C(c1n[nH]n(N=Cc2ccc([N+](=O)[O-])cc2)c1=O)N1CCCCC1c1cccnc1. The summed E-state index contributed by atoms with van der Waals surface area (Å²) < 4.78 is 0. The van der Waals surface area contributed by atoms with Crippen LogP contribution in [0.3, 0.4) is 0 Å². The number of likely N-dealkylation sites (tertiary alicyclic amines) is 1. The monoisotopic (exact) mass is 421 g/mol. The number of carbonyl (C=O) groups is 1. The number of piperidine rings is 1. The zero-order chi connectivity index (χ0) is 21.8. The van der Waals surface area contributed by atoms with Crippen LogP contribution in [-0.2, 0) is 0 Å². The summed E-state index contributed by atoms with van der Waals surface area (Å²) in [6.45, 7) is 0.525. The van der Waals surface area contributed by atoms with Crippen LogP contribution in [0.15, 0.2) is 58.7 Å². The molecular weight excluding hydrogens is 402 g/mol. The molecule has 158 valence electrons. The van der Waals surface area contributed by atoms with Gasteiger partial charge < -0.3 is 4.90 Å². The fourth-order valence-electron chi connectivity index (χ4n) is 3.55. The van der Waals surface area contributed by atoms with Gasteiger partial charge in [-0.15, -0.1) is 9.89 Å². The van der Waals surface area contributed by atoms with E-state index in [9.17, 15) is 19.7 Å². The number of nitro groups is 1. The fraction of sp³-hybridized carbons (Fsp3) is 0.250. The Kier molecular flexibility index (Phi) is 5.65. The van der Waals surface area contributed by atoms with Crippen LogP contribution in [0.4, 0.5) is 5.69 Å². The number of benzene rings is 1. The zero-order valence-corrected chi connectivity index (χ0v) is 16.4. The topological polar surface area (TPSA) is 139 Å². The van der Waals surface area contributed by atoms with E-state index in [0.29, 0.717) is 12.1 Å². The van der Waals surface area contributed by atoms with Crippen LogP contribution < -0.4 is 5.56 Å². The van der Waals surface area contributed by atoms with E-state index in [2.05, 4.69) is 20.4 Å². The second kappa shape index (κ2) is 8.69.